The van der Waals surface area contributed by atoms with E-state index in [-0.39, 0.29) is 11.7 Å². The molecule has 0 radical (unpaired) electrons. The molecule has 0 amide bonds. The standard InChI is InChI=1S/C13H17N3O4S/c1-19-11(17)5-10-12(18)16-8-15(7-14-13(16)21-10)6-9-3-2-4-20-9/h5,9H,2-4,6-8H2,1H3/b10-5-. The molecule has 0 aromatic carbocycles. The Labute approximate surface area is 125 Å². The third-order valence-electron chi connectivity index (χ3n) is 3.57. The van der Waals surface area contributed by atoms with Crippen LogP contribution in [0.1, 0.15) is 12.8 Å². The van der Waals surface area contributed by atoms with E-state index in [4.69, 9.17) is 4.74 Å². The first kappa shape index (κ1) is 14.4. The van der Waals surface area contributed by atoms with Crippen molar-refractivity contribution in [2.45, 2.75) is 25.6 Å². The zero-order valence-corrected chi connectivity index (χ0v) is 12.6. The molecule has 21 heavy (non-hydrogen) atoms. The molecule has 3 heterocycles. The molecule has 1 atom stereocenters. The fraction of sp³-hybridized carbons (Fsp3) is 0.615. The summed E-state index contributed by atoms with van der Waals surface area (Å²) in [4.78, 5) is 30.7. The van der Waals surface area contributed by atoms with Crippen LogP contribution in [0.15, 0.2) is 9.79 Å². The van der Waals surface area contributed by atoms with E-state index in [0.29, 0.717) is 22.7 Å². The van der Waals surface area contributed by atoms with Crippen molar-refractivity contribution in [2.24, 2.45) is 4.99 Å². The van der Waals surface area contributed by atoms with Crippen LogP contribution in [0.4, 0.5) is 0 Å². The fourth-order valence-electron chi connectivity index (χ4n) is 2.51. The number of carbonyl (C=O) groups is 1. The predicted octanol–water partition coefficient (Wildman–Crippen LogP) is -1.11. The van der Waals surface area contributed by atoms with Crippen LogP contribution in [0, 0.1) is 0 Å². The van der Waals surface area contributed by atoms with Gasteiger partial charge in [-0.25, -0.2) is 9.79 Å². The van der Waals surface area contributed by atoms with Crippen LogP contribution < -0.4 is 14.9 Å². The van der Waals surface area contributed by atoms with Crippen LogP contribution in [-0.2, 0) is 20.9 Å². The van der Waals surface area contributed by atoms with E-state index in [1.54, 1.807) is 4.57 Å². The largest absolute Gasteiger partial charge is 0.466 e. The smallest absolute Gasteiger partial charge is 0.332 e. The molecule has 1 saturated heterocycles. The summed E-state index contributed by atoms with van der Waals surface area (Å²) in [6, 6.07) is 0. The van der Waals surface area contributed by atoms with E-state index in [1.165, 1.54) is 24.5 Å². The number of carbonyl (C=O) groups excluding carboxylic acids is 1. The van der Waals surface area contributed by atoms with Crippen molar-refractivity contribution in [1.82, 2.24) is 9.47 Å². The first-order chi connectivity index (χ1) is 10.2. The number of esters is 1. The molecule has 2 aliphatic heterocycles. The first-order valence-corrected chi connectivity index (χ1v) is 7.67. The third-order valence-corrected chi connectivity index (χ3v) is 4.62. The lowest BCUT2D eigenvalue weighted by molar-refractivity contribution is -0.133. The first-order valence-electron chi connectivity index (χ1n) is 6.85. The van der Waals surface area contributed by atoms with Crippen LogP contribution in [0.5, 0.6) is 0 Å². The zero-order chi connectivity index (χ0) is 14.8. The lowest BCUT2D eigenvalue weighted by Gasteiger charge is -2.25. The highest BCUT2D eigenvalue weighted by molar-refractivity contribution is 7.07. The Morgan fingerprint density at radius 1 is 1.62 bits per heavy atom. The number of thiazole rings is 1. The summed E-state index contributed by atoms with van der Waals surface area (Å²) in [7, 11) is 1.29. The van der Waals surface area contributed by atoms with Gasteiger partial charge in [-0.15, -0.1) is 0 Å². The molecule has 114 valence electrons. The minimum Gasteiger partial charge on any atom is -0.466 e. The van der Waals surface area contributed by atoms with Crippen LogP contribution in [-0.4, -0.2) is 48.5 Å². The van der Waals surface area contributed by atoms with Crippen LogP contribution in [0.25, 0.3) is 6.08 Å². The summed E-state index contributed by atoms with van der Waals surface area (Å²) in [5.74, 6) is -0.525. The van der Waals surface area contributed by atoms with Gasteiger partial charge in [-0.1, -0.05) is 11.3 Å². The molecular formula is C13H17N3O4S. The maximum atomic E-state index is 12.3. The number of nitrogens with zero attached hydrogens (tertiary/aromatic N) is 3. The van der Waals surface area contributed by atoms with Gasteiger partial charge < -0.3 is 9.47 Å². The number of hydrogen-bond acceptors (Lipinski definition) is 7. The monoisotopic (exact) mass is 311 g/mol. The highest BCUT2D eigenvalue weighted by Gasteiger charge is 2.22. The molecule has 7 nitrogen and oxygen atoms in total. The average Bonchev–Trinajstić information content (AvgIpc) is 3.09. The number of fused-ring (bicyclic) bond motifs is 1. The summed E-state index contributed by atoms with van der Waals surface area (Å²) in [6.45, 7) is 2.64. The second kappa shape index (κ2) is 6.08. The van der Waals surface area contributed by atoms with Gasteiger partial charge in [0.25, 0.3) is 5.56 Å². The van der Waals surface area contributed by atoms with Crippen LogP contribution in [0.2, 0.25) is 0 Å². The van der Waals surface area contributed by atoms with Crippen molar-refractivity contribution >= 4 is 23.4 Å². The third kappa shape index (κ3) is 3.07. The number of aromatic nitrogens is 1. The Hall–Kier alpha value is -1.51. The number of methoxy groups -OCH3 is 1. The van der Waals surface area contributed by atoms with Crippen molar-refractivity contribution in [3.8, 4) is 0 Å². The van der Waals surface area contributed by atoms with Gasteiger partial charge in [0.05, 0.1) is 26.6 Å². The van der Waals surface area contributed by atoms with Crippen molar-refractivity contribution in [3.63, 3.8) is 0 Å². The molecule has 0 aliphatic carbocycles. The Balaban J connectivity index is 1.81. The van der Waals surface area contributed by atoms with Gasteiger partial charge in [0.2, 0.25) is 0 Å². The Bertz CT molecular complexity index is 702. The maximum absolute atomic E-state index is 12.3. The van der Waals surface area contributed by atoms with Crippen LogP contribution >= 0.6 is 11.3 Å². The molecule has 1 aromatic rings. The summed E-state index contributed by atoms with van der Waals surface area (Å²) in [5, 5.41) is 0. The van der Waals surface area contributed by atoms with Crippen molar-refractivity contribution in [3.05, 3.63) is 19.7 Å². The molecule has 2 aliphatic rings. The molecule has 0 N–H and O–H groups in total. The van der Waals surface area contributed by atoms with Gasteiger partial charge in [0.15, 0.2) is 4.80 Å². The van der Waals surface area contributed by atoms with Gasteiger partial charge in [-0.05, 0) is 12.8 Å². The van der Waals surface area contributed by atoms with Crippen molar-refractivity contribution < 1.29 is 14.3 Å². The number of ether oxygens (including phenoxy) is 2. The Morgan fingerprint density at radius 2 is 2.48 bits per heavy atom. The van der Waals surface area contributed by atoms with E-state index in [9.17, 15) is 9.59 Å². The van der Waals surface area contributed by atoms with Crippen molar-refractivity contribution in [1.29, 1.82) is 0 Å². The van der Waals surface area contributed by atoms with E-state index >= 15 is 0 Å². The van der Waals surface area contributed by atoms with E-state index in [1.807, 2.05) is 0 Å². The van der Waals surface area contributed by atoms with Gasteiger partial charge >= 0.3 is 5.97 Å². The summed E-state index contributed by atoms with van der Waals surface area (Å²) in [5.41, 5.74) is -0.193. The fourth-order valence-corrected chi connectivity index (χ4v) is 3.44. The highest BCUT2D eigenvalue weighted by Crippen LogP contribution is 2.13. The summed E-state index contributed by atoms with van der Waals surface area (Å²) < 4.78 is 12.1. The molecule has 1 fully saturated rings. The second-order valence-electron chi connectivity index (χ2n) is 5.08. The summed E-state index contributed by atoms with van der Waals surface area (Å²) >= 11 is 1.22. The average molecular weight is 311 g/mol. The van der Waals surface area contributed by atoms with Gasteiger partial charge in [-0.3, -0.25) is 14.3 Å². The topological polar surface area (TPSA) is 73.1 Å². The van der Waals surface area contributed by atoms with E-state index < -0.39 is 5.97 Å². The van der Waals surface area contributed by atoms with Gasteiger partial charge in [0.1, 0.15) is 4.53 Å². The van der Waals surface area contributed by atoms with Crippen molar-refractivity contribution in [2.75, 3.05) is 26.9 Å². The number of rotatable bonds is 3. The lowest BCUT2D eigenvalue weighted by Crippen LogP contribution is -2.45. The quantitative estimate of drug-likeness (QED) is 0.662. The molecule has 0 spiro atoms. The van der Waals surface area contributed by atoms with E-state index in [2.05, 4.69) is 14.6 Å². The molecule has 3 rings (SSSR count). The Kier molecular flexibility index (Phi) is 4.18. The van der Waals surface area contributed by atoms with E-state index in [0.717, 1.165) is 26.0 Å². The second-order valence-corrected chi connectivity index (χ2v) is 6.09. The number of hydrogen-bond donors (Lipinski definition) is 0. The van der Waals surface area contributed by atoms with Crippen LogP contribution in [0.3, 0.4) is 0 Å². The Morgan fingerprint density at radius 3 is 3.19 bits per heavy atom. The predicted molar refractivity (Wildman–Crippen MR) is 76.4 cm³/mol. The normalized spacial score (nSPS) is 22.9. The molecule has 0 bridgehead atoms. The lowest BCUT2D eigenvalue weighted by atomic mass is 10.2. The SMILES string of the molecule is COC(=O)/C=c1\sc2n(c1=O)CN(CC1CCCO1)CN=2. The molecule has 8 heteroatoms. The maximum Gasteiger partial charge on any atom is 0.332 e. The minimum atomic E-state index is -0.525. The molecule has 1 aromatic heterocycles. The molecular weight excluding hydrogens is 294 g/mol. The minimum absolute atomic E-state index is 0.193. The van der Waals surface area contributed by atoms with Gasteiger partial charge in [-0.2, -0.15) is 0 Å². The molecule has 0 saturated carbocycles. The zero-order valence-electron chi connectivity index (χ0n) is 11.8. The molecule has 1 unspecified atom stereocenters. The van der Waals surface area contributed by atoms with Gasteiger partial charge in [0, 0.05) is 19.2 Å². The highest BCUT2D eigenvalue weighted by atomic mass is 32.1. The summed E-state index contributed by atoms with van der Waals surface area (Å²) in [6.07, 6.45) is 3.61.